The zero-order chi connectivity index (χ0) is 26.5. The maximum absolute atomic E-state index is 13.7. The Morgan fingerprint density at radius 1 is 0.806 bits per heavy atom. The number of rotatable bonds is 10. The summed E-state index contributed by atoms with van der Waals surface area (Å²) in [5.41, 5.74) is -0.0850. The molecule has 0 amide bonds. The molecule has 0 spiro atoms. The van der Waals surface area contributed by atoms with Crippen LogP contribution in [0.3, 0.4) is 0 Å². The van der Waals surface area contributed by atoms with E-state index in [4.69, 9.17) is 9.47 Å². The van der Waals surface area contributed by atoms with E-state index in [9.17, 15) is 9.59 Å². The van der Waals surface area contributed by atoms with Gasteiger partial charge in [-0.15, -0.1) is 0 Å². The van der Waals surface area contributed by atoms with Gasteiger partial charge in [0, 0.05) is 5.39 Å². The first-order chi connectivity index (χ1) is 17.0. The van der Waals surface area contributed by atoms with Crippen molar-refractivity contribution in [1.82, 2.24) is 0 Å². The molecule has 0 heterocycles. The highest BCUT2D eigenvalue weighted by Crippen LogP contribution is 2.46. The average molecular weight is 489 g/mol. The lowest BCUT2D eigenvalue weighted by atomic mass is 9.62. The predicted molar refractivity (Wildman–Crippen MR) is 145 cm³/mol. The summed E-state index contributed by atoms with van der Waals surface area (Å²) in [5, 5.41) is 1.95. The van der Waals surface area contributed by atoms with Crippen LogP contribution in [0.15, 0.2) is 72.8 Å². The van der Waals surface area contributed by atoms with Crippen molar-refractivity contribution < 1.29 is 19.1 Å². The molecule has 4 nitrogen and oxygen atoms in total. The van der Waals surface area contributed by atoms with E-state index in [1.165, 1.54) is 0 Å². The summed E-state index contributed by atoms with van der Waals surface area (Å²) in [7, 11) is 0. The van der Waals surface area contributed by atoms with Gasteiger partial charge in [0.05, 0.1) is 11.3 Å². The number of hydrogen-bond donors (Lipinski definition) is 0. The zero-order valence-electron chi connectivity index (χ0n) is 22.7. The van der Waals surface area contributed by atoms with Crippen LogP contribution in [-0.4, -0.2) is 11.9 Å². The number of esters is 2. The van der Waals surface area contributed by atoms with Crippen LogP contribution >= 0.6 is 0 Å². The fourth-order valence-corrected chi connectivity index (χ4v) is 4.86. The van der Waals surface area contributed by atoms with Gasteiger partial charge in [0.1, 0.15) is 12.4 Å². The Balaban J connectivity index is 1.74. The van der Waals surface area contributed by atoms with Crippen LogP contribution in [0.5, 0.6) is 5.75 Å². The first kappa shape index (κ1) is 27.4. The highest BCUT2D eigenvalue weighted by atomic mass is 16.5. The van der Waals surface area contributed by atoms with Crippen molar-refractivity contribution in [3.8, 4) is 5.75 Å². The number of benzene rings is 3. The second-order valence-corrected chi connectivity index (χ2v) is 11.3. The Labute approximate surface area is 216 Å². The molecule has 0 saturated carbocycles. The molecule has 0 aromatic heterocycles. The van der Waals surface area contributed by atoms with E-state index in [1.54, 1.807) is 0 Å². The molecule has 3 aromatic rings. The van der Waals surface area contributed by atoms with E-state index in [0.717, 1.165) is 16.3 Å². The van der Waals surface area contributed by atoms with E-state index in [1.807, 2.05) is 86.6 Å². The normalized spacial score (nSPS) is 15.2. The Hall–Kier alpha value is -3.14. The van der Waals surface area contributed by atoms with Crippen molar-refractivity contribution in [3.63, 3.8) is 0 Å². The number of ether oxygens (including phenoxy) is 2. The maximum atomic E-state index is 13.7. The van der Waals surface area contributed by atoms with Gasteiger partial charge in [0.15, 0.2) is 0 Å². The van der Waals surface area contributed by atoms with Gasteiger partial charge in [0.2, 0.25) is 0 Å². The van der Waals surface area contributed by atoms with Crippen LogP contribution in [0.4, 0.5) is 0 Å². The van der Waals surface area contributed by atoms with Crippen molar-refractivity contribution in [1.29, 1.82) is 0 Å². The summed E-state index contributed by atoms with van der Waals surface area (Å²) in [6.45, 7) is 14.6. The van der Waals surface area contributed by atoms with Crippen molar-refractivity contribution in [2.45, 2.75) is 61.5 Å². The van der Waals surface area contributed by atoms with Gasteiger partial charge in [0.25, 0.3) is 0 Å². The molecule has 0 radical (unpaired) electrons. The first-order valence-corrected chi connectivity index (χ1v) is 12.9. The zero-order valence-corrected chi connectivity index (χ0v) is 22.7. The van der Waals surface area contributed by atoms with E-state index in [-0.39, 0.29) is 41.7 Å². The molecule has 36 heavy (non-hydrogen) atoms. The predicted octanol–water partition coefficient (Wildman–Crippen LogP) is 7.84. The number of hydrogen-bond acceptors (Lipinski definition) is 4. The first-order valence-electron chi connectivity index (χ1n) is 12.9. The number of carbonyl (C=O) groups is 2. The number of fused-ring (bicyclic) bond motifs is 1. The maximum Gasteiger partial charge on any atom is 0.317 e. The third kappa shape index (κ3) is 6.16. The van der Waals surface area contributed by atoms with Crippen LogP contribution in [-0.2, 0) is 20.9 Å². The summed E-state index contributed by atoms with van der Waals surface area (Å²) in [6, 6.07) is 23.4. The smallest absolute Gasteiger partial charge is 0.317 e. The SMILES string of the molecule is CC(C(=O)OCc1ccccc1)C(C)C(C)(C)CC(C)(C(=O)Oc1cccc2ccccc12)C(C)C. The quantitative estimate of drug-likeness (QED) is 0.215. The van der Waals surface area contributed by atoms with Gasteiger partial charge in [-0.25, -0.2) is 0 Å². The third-order valence-corrected chi connectivity index (χ3v) is 8.09. The lowest BCUT2D eigenvalue weighted by Crippen LogP contribution is -2.44. The molecule has 0 fully saturated rings. The van der Waals surface area contributed by atoms with Gasteiger partial charge in [-0.05, 0) is 47.6 Å². The molecular formula is C32H40O4. The lowest BCUT2D eigenvalue weighted by Gasteiger charge is -2.43. The average Bonchev–Trinajstić information content (AvgIpc) is 2.86. The van der Waals surface area contributed by atoms with Gasteiger partial charge in [-0.3, -0.25) is 9.59 Å². The van der Waals surface area contributed by atoms with Crippen LogP contribution in [0, 0.1) is 28.6 Å². The molecule has 192 valence electrons. The lowest BCUT2D eigenvalue weighted by molar-refractivity contribution is -0.155. The number of carbonyl (C=O) groups excluding carboxylic acids is 2. The van der Waals surface area contributed by atoms with Crippen molar-refractivity contribution in [3.05, 3.63) is 78.4 Å². The van der Waals surface area contributed by atoms with Crippen LogP contribution in [0.1, 0.15) is 60.5 Å². The topological polar surface area (TPSA) is 52.6 Å². The van der Waals surface area contributed by atoms with Crippen LogP contribution < -0.4 is 4.74 Å². The molecule has 0 aliphatic rings. The van der Waals surface area contributed by atoms with E-state index in [2.05, 4.69) is 34.6 Å². The standard InChI is InChI=1S/C32H40O4/c1-22(2)32(7,30(34)36-28-19-13-17-26-16-11-12-18-27(26)28)21-31(5,6)24(4)23(3)29(33)35-20-25-14-9-8-10-15-25/h8-19,22-24H,20-21H2,1-7H3. The van der Waals surface area contributed by atoms with Crippen LogP contribution in [0.2, 0.25) is 0 Å². The Bertz CT molecular complexity index is 1180. The molecule has 0 aliphatic carbocycles. The van der Waals surface area contributed by atoms with Gasteiger partial charge in [-0.1, -0.05) is 108 Å². The second kappa shape index (κ2) is 11.3. The fourth-order valence-electron chi connectivity index (χ4n) is 4.86. The third-order valence-electron chi connectivity index (χ3n) is 8.09. The second-order valence-electron chi connectivity index (χ2n) is 11.3. The van der Waals surface area contributed by atoms with E-state index in [0.29, 0.717) is 12.2 Å². The van der Waals surface area contributed by atoms with Gasteiger partial charge in [-0.2, -0.15) is 0 Å². The molecular weight excluding hydrogens is 448 g/mol. The molecule has 4 heteroatoms. The van der Waals surface area contributed by atoms with E-state index < -0.39 is 5.41 Å². The molecule has 0 bridgehead atoms. The van der Waals surface area contributed by atoms with Crippen molar-refractivity contribution in [2.75, 3.05) is 0 Å². The highest BCUT2D eigenvalue weighted by Gasteiger charge is 2.46. The van der Waals surface area contributed by atoms with Crippen molar-refractivity contribution >= 4 is 22.7 Å². The summed E-state index contributed by atoms with van der Waals surface area (Å²) in [4.78, 5) is 26.6. The van der Waals surface area contributed by atoms with Gasteiger partial charge >= 0.3 is 11.9 Å². The molecule has 0 saturated heterocycles. The Morgan fingerprint density at radius 3 is 2.08 bits per heavy atom. The minimum Gasteiger partial charge on any atom is -0.461 e. The molecule has 3 rings (SSSR count). The largest absolute Gasteiger partial charge is 0.461 e. The highest BCUT2D eigenvalue weighted by molar-refractivity contribution is 5.91. The van der Waals surface area contributed by atoms with E-state index >= 15 is 0 Å². The fraction of sp³-hybridized carbons (Fsp3) is 0.438. The minimum atomic E-state index is -0.734. The van der Waals surface area contributed by atoms with Gasteiger partial charge < -0.3 is 9.47 Å². The molecule has 0 N–H and O–H groups in total. The minimum absolute atomic E-state index is 0.01000. The summed E-state index contributed by atoms with van der Waals surface area (Å²) >= 11 is 0. The summed E-state index contributed by atoms with van der Waals surface area (Å²) in [6.07, 6.45) is 0.582. The summed E-state index contributed by atoms with van der Waals surface area (Å²) in [5.74, 6) is -0.156. The van der Waals surface area contributed by atoms with Crippen LogP contribution in [0.25, 0.3) is 10.8 Å². The molecule has 3 atom stereocenters. The van der Waals surface area contributed by atoms with Crippen molar-refractivity contribution in [2.24, 2.45) is 28.6 Å². The molecule has 3 aromatic carbocycles. The molecule has 0 aliphatic heterocycles. The Morgan fingerprint density at radius 2 is 1.42 bits per heavy atom. The Kier molecular flexibility index (Phi) is 8.60. The molecule has 3 unspecified atom stereocenters. The summed E-state index contributed by atoms with van der Waals surface area (Å²) < 4.78 is 11.7. The monoisotopic (exact) mass is 488 g/mol.